The number of nitrogens with zero attached hydrogens (tertiary/aromatic N) is 1. The van der Waals surface area contributed by atoms with Crippen molar-refractivity contribution < 1.29 is 4.74 Å². The summed E-state index contributed by atoms with van der Waals surface area (Å²) in [6, 6.07) is 0.338. The number of ether oxygens (including phenoxy) is 1. The van der Waals surface area contributed by atoms with E-state index < -0.39 is 0 Å². The maximum absolute atomic E-state index is 5.90. The molecule has 1 aliphatic rings. The fourth-order valence-corrected chi connectivity index (χ4v) is 1.94. The van der Waals surface area contributed by atoms with Gasteiger partial charge in [-0.05, 0) is 32.2 Å². The summed E-state index contributed by atoms with van der Waals surface area (Å²) >= 11 is 0. The zero-order valence-electron chi connectivity index (χ0n) is 8.83. The molecule has 1 rings (SSSR count). The van der Waals surface area contributed by atoms with Gasteiger partial charge in [0.2, 0.25) is 0 Å². The van der Waals surface area contributed by atoms with Crippen molar-refractivity contribution in [1.82, 2.24) is 4.90 Å². The minimum Gasteiger partial charge on any atom is -0.383 e. The summed E-state index contributed by atoms with van der Waals surface area (Å²) in [5, 5.41) is 0. The summed E-state index contributed by atoms with van der Waals surface area (Å²) in [5.41, 5.74) is 5.90. The highest BCUT2D eigenvalue weighted by molar-refractivity contribution is 4.78. The Kier molecular flexibility index (Phi) is 4.70. The molecule has 0 aliphatic carbocycles. The van der Waals surface area contributed by atoms with Crippen molar-refractivity contribution in [2.75, 3.05) is 33.4 Å². The van der Waals surface area contributed by atoms with Gasteiger partial charge in [-0.15, -0.1) is 0 Å². The molecular formula is C10H22N2O. The molecule has 0 spiro atoms. The van der Waals surface area contributed by atoms with E-state index in [1.54, 1.807) is 7.11 Å². The highest BCUT2D eigenvalue weighted by Crippen LogP contribution is 2.18. The third kappa shape index (κ3) is 3.63. The van der Waals surface area contributed by atoms with E-state index in [1.807, 2.05) is 0 Å². The van der Waals surface area contributed by atoms with Crippen molar-refractivity contribution >= 4 is 0 Å². The van der Waals surface area contributed by atoms with E-state index in [0.29, 0.717) is 12.0 Å². The van der Waals surface area contributed by atoms with Crippen LogP contribution in [0, 0.1) is 5.92 Å². The van der Waals surface area contributed by atoms with Crippen LogP contribution in [-0.2, 0) is 4.74 Å². The first-order valence-electron chi connectivity index (χ1n) is 5.21. The number of piperidine rings is 1. The lowest BCUT2D eigenvalue weighted by molar-refractivity contribution is 0.109. The maximum atomic E-state index is 5.90. The molecule has 0 amide bonds. The lowest BCUT2D eigenvalue weighted by atomic mass is 9.92. The molecule has 1 saturated heterocycles. The first-order valence-corrected chi connectivity index (χ1v) is 5.21. The Morgan fingerprint density at radius 3 is 3.00 bits per heavy atom. The average molecular weight is 186 g/mol. The van der Waals surface area contributed by atoms with Gasteiger partial charge in [-0.1, -0.05) is 0 Å². The summed E-state index contributed by atoms with van der Waals surface area (Å²) in [5.74, 6) is 0.686. The van der Waals surface area contributed by atoms with Crippen LogP contribution in [0.4, 0.5) is 0 Å². The largest absolute Gasteiger partial charge is 0.383 e. The monoisotopic (exact) mass is 186 g/mol. The van der Waals surface area contributed by atoms with Gasteiger partial charge in [0.05, 0.1) is 6.61 Å². The normalized spacial score (nSPS) is 27.5. The number of hydrogen-bond donors (Lipinski definition) is 1. The van der Waals surface area contributed by atoms with Crippen molar-refractivity contribution in [3.05, 3.63) is 0 Å². The smallest absolute Gasteiger partial charge is 0.0589 e. The second kappa shape index (κ2) is 5.58. The maximum Gasteiger partial charge on any atom is 0.0589 e. The van der Waals surface area contributed by atoms with Crippen LogP contribution < -0.4 is 5.73 Å². The third-order valence-corrected chi connectivity index (χ3v) is 2.90. The molecule has 0 aromatic heterocycles. The van der Waals surface area contributed by atoms with Gasteiger partial charge in [-0.25, -0.2) is 0 Å². The van der Waals surface area contributed by atoms with Crippen LogP contribution >= 0.6 is 0 Å². The molecule has 0 saturated carbocycles. The predicted octanol–water partition coefficient (Wildman–Crippen LogP) is 0.692. The van der Waals surface area contributed by atoms with Crippen LogP contribution in [-0.4, -0.2) is 44.3 Å². The van der Waals surface area contributed by atoms with Gasteiger partial charge in [0, 0.05) is 26.2 Å². The highest BCUT2D eigenvalue weighted by Gasteiger charge is 2.21. The van der Waals surface area contributed by atoms with E-state index in [0.717, 1.165) is 19.7 Å². The quantitative estimate of drug-likeness (QED) is 0.702. The van der Waals surface area contributed by atoms with Gasteiger partial charge < -0.3 is 15.4 Å². The van der Waals surface area contributed by atoms with E-state index in [9.17, 15) is 0 Å². The molecule has 3 heteroatoms. The Morgan fingerprint density at radius 1 is 1.62 bits per heavy atom. The Bertz CT molecular complexity index is 139. The van der Waals surface area contributed by atoms with E-state index in [4.69, 9.17) is 10.5 Å². The molecule has 2 N–H and O–H groups in total. The Morgan fingerprint density at radius 2 is 2.38 bits per heavy atom. The predicted molar refractivity (Wildman–Crippen MR) is 54.7 cm³/mol. The van der Waals surface area contributed by atoms with Crippen LogP contribution in [0.1, 0.15) is 19.8 Å². The molecule has 0 aromatic carbocycles. The van der Waals surface area contributed by atoms with Gasteiger partial charge in [0.25, 0.3) is 0 Å². The zero-order chi connectivity index (χ0) is 9.68. The molecule has 0 aromatic rings. The van der Waals surface area contributed by atoms with Gasteiger partial charge in [0.15, 0.2) is 0 Å². The second-order valence-electron chi connectivity index (χ2n) is 4.05. The number of methoxy groups -OCH3 is 1. The SMILES string of the molecule is COCCN1CCC[C@@H]([C@H](C)N)C1. The van der Waals surface area contributed by atoms with Crippen molar-refractivity contribution in [2.45, 2.75) is 25.8 Å². The van der Waals surface area contributed by atoms with Crippen molar-refractivity contribution in [3.8, 4) is 0 Å². The zero-order valence-corrected chi connectivity index (χ0v) is 8.83. The Labute approximate surface area is 81.2 Å². The molecule has 0 unspecified atom stereocenters. The molecule has 78 valence electrons. The summed E-state index contributed by atoms with van der Waals surface area (Å²) < 4.78 is 5.07. The number of likely N-dealkylation sites (tertiary alicyclic amines) is 1. The van der Waals surface area contributed by atoms with Gasteiger partial charge in [-0.3, -0.25) is 0 Å². The summed E-state index contributed by atoms with van der Waals surface area (Å²) in [7, 11) is 1.76. The van der Waals surface area contributed by atoms with Crippen molar-refractivity contribution in [2.24, 2.45) is 11.7 Å². The molecule has 2 atom stereocenters. The first kappa shape index (κ1) is 11.0. The molecule has 0 bridgehead atoms. The minimum absolute atomic E-state index is 0.338. The van der Waals surface area contributed by atoms with E-state index in [2.05, 4.69) is 11.8 Å². The van der Waals surface area contributed by atoms with Crippen LogP contribution in [0.15, 0.2) is 0 Å². The molecule has 1 heterocycles. The second-order valence-corrected chi connectivity index (χ2v) is 4.05. The molecule has 1 fully saturated rings. The standard InChI is InChI=1S/C10H22N2O/c1-9(11)10-4-3-5-12(8-10)6-7-13-2/h9-10H,3-8,11H2,1-2H3/t9-,10+/m0/s1. The lowest BCUT2D eigenvalue weighted by Gasteiger charge is -2.34. The summed E-state index contributed by atoms with van der Waals surface area (Å²) in [6.45, 7) is 6.38. The fourth-order valence-electron chi connectivity index (χ4n) is 1.94. The summed E-state index contributed by atoms with van der Waals surface area (Å²) in [6.07, 6.45) is 2.58. The van der Waals surface area contributed by atoms with Crippen LogP contribution in [0.25, 0.3) is 0 Å². The van der Waals surface area contributed by atoms with Crippen LogP contribution in [0.5, 0.6) is 0 Å². The molecule has 0 radical (unpaired) electrons. The Hall–Kier alpha value is -0.120. The van der Waals surface area contributed by atoms with E-state index in [1.165, 1.54) is 19.4 Å². The number of nitrogens with two attached hydrogens (primary N) is 1. The minimum atomic E-state index is 0.338. The van der Waals surface area contributed by atoms with E-state index >= 15 is 0 Å². The highest BCUT2D eigenvalue weighted by atomic mass is 16.5. The van der Waals surface area contributed by atoms with Gasteiger partial charge in [0.1, 0.15) is 0 Å². The Balaban J connectivity index is 2.25. The lowest BCUT2D eigenvalue weighted by Crippen LogP contribution is -2.43. The van der Waals surface area contributed by atoms with Gasteiger partial charge in [-0.2, -0.15) is 0 Å². The number of rotatable bonds is 4. The third-order valence-electron chi connectivity index (χ3n) is 2.90. The molecule has 1 aliphatic heterocycles. The fraction of sp³-hybridized carbons (Fsp3) is 1.00. The topological polar surface area (TPSA) is 38.5 Å². The molecular weight excluding hydrogens is 164 g/mol. The number of hydrogen-bond acceptors (Lipinski definition) is 3. The molecule has 13 heavy (non-hydrogen) atoms. The average Bonchev–Trinajstić information content (AvgIpc) is 2.15. The van der Waals surface area contributed by atoms with Crippen molar-refractivity contribution in [1.29, 1.82) is 0 Å². The van der Waals surface area contributed by atoms with Crippen molar-refractivity contribution in [3.63, 3.8) is 0 Å². The van der Waals surface area contributed by atoms with Crippen LogP contribution in [0.2, 0.25) is 0 Å². The van der Waals surface area contributed by atoms with E-state index in [-0.39, 0.29) is 0 Å². The van der Waals surface area contributed by atoms with Crippen LogP contribution in [0.3, 0.4) is 0 Å². The first-order chi connectivity index (χ1) is 6.24. The molecule has 3 nitrogen and oxygen atoms in total. The van der Waals surface area contributed by atoms with Gasteiger partial charge >= 0.3 is 0 Å². The summed E-state index contributed by atoms with van der Waals surface area (Å²) in [4.78, 5) is 2.46.